The van der Waals surface area contributed by atoms with Gasteiger partial charge in [-0.2, -0.15) is 0 Å². The summed E-state index contributed by atoms with van der Waals surface area (Å²) in [6, 6.07) is 10.8. The molecule has 1 aliphatic rings. The van der Waals surface area contributed by atoms with Gasteiger partial charge < -0.3 is 9.64 Å². The Hall–Kier alpha value is -3.85. The van der Waals surface area contributed by atoms with E-state index in [0.717, 1.165) is 0 Å². The zero-order valence-electron chi connectivity index (χ0n) is 17.6. The number of fused-ring (bicyclic) bond motifs is 2. The number of benzene rings is 2. The van der Waals surface area contributed by atoms with Crippen LogP contribution in [0.4, 0.5) is 10.1 Å². The van der Waals surface area contributed by atoms with Crippen molar-refractivity contribution in [2.45, 2.75) is 13.5 Å². The number of Topliss-reactive ketones (excluding diaryl/α,β-unsaturated/α-hetero) is 1. The fourth-order valence-electron chi connectivity index (χ4n) is 3.89. The molecule has 0 atom stereocenters. The number of anilines is 1. The Morgan fingerprint density at radius 3 is 2.73 bits per heavy atom. The fraction of sp³-hybridized carbons (Fsp3) is 0.167. The van der Waals surface area contributed by atoms with Crippen LogP contribution in [0.5, 0.6) is 5.75 Å². The highest BCUT2D eigenvalue weighted by Gasteiger charge is 2.25. The fourth-order valence-corrected chi connectivity index (χ4v) is 4.80. The van der Waals surface area contributed by atoms with Gasteiger partial charge in [0.25, 0.3) is 11.5 Å². The molecular formula is C24H18FN3O4S. The Bertz CT molecular complexity index is 1460. The monoisotopic (exact) mass is 463 g/mol. The molecule has 0 bridgehead atoms. The molecule has 3 heterocycles. The van der Waals surface area contributed by atoms with Gasteiger partial charge in [0.2, 0.25) is 0 Å². The van der Waals surface area contributed by atoms with E-state index in [2.05, 4.69) is 4.98 Å². The van der Waals surface area contributed by atoms with Gasteiger partial charge in [-0.1, -0.05) is 12.1 Å². The highest BCUT2D eigenvalue weighted by atomic mass is 32.1. The van der Waals surface area contributed by atoms with Gasteiger partial charge in [-0.25, -0.2) is 9.37 Å². The topological polar surface area (TPSA) is 81.5 Å². The number of aromatic nitrogens is 2. The van der Waals surface area contributed by atoms with Gasteiger partial charge in [-0.15, -0.1) is 11.3 Å². The van der Waals surface area contributed by atoms with Crippen molar-refractivity contribution >= 4 is 38.9 Å². The highest BCUT2D eigenvalue weighted by Crippen LogP contribution is 2.33. The number of likely N-dealkylation sites (N-methyl/N-ethyl adjacent to an activating group) is 1. The molecule has 7 nitrogen and oxygen atoms in total. The number of nitrogens with zero attached hydrogens (tertiary/aromatic N) is 3. The molecule has 0 saturated heterocycles. The van der Waals surface area contributed by atoms with Crippen molar-refractivity contribution < 1.29 is 18.7 Å². The molecule has 166 valence electrons. The van der Waals surface area contributed by atoms with Gasteiger partial charge in [0.15, 0.2) is 12.4 Å². The first-order valence-electron chi connectivity index (χ1n) is 10.3. The molecule has 0 saturated carbocycles. The predicted molar refractivity (Wildman–Crippen MR) is 124 cm³/mol. The predicted octanol–water partition coefficient (Wildman–Crippen LogP) is 3.89. The number of carbonyl (C=O) groups is 2. The van der Waals surface area contributed by atoms with Crippen LogP contribution >= 0.6 is 11.3 Å². The van der Waals surface area contributed by atoms with E-state index in [4.69, 9.17) is 4.74 Å². The Labute approximate surface area is 191 Å². The van der Waals surface area contributed by atoms with Crippen LogP contribution in [-0.2, 0) is 11.3 Å². The zero-order chi connectivity index (χ0) is 23.1. The Kier molecular flexibility index (Phi) is 5.26. The van der Waals surface area contributed by atoms with Gasteiger partial charge in [0.1, 0.15) is 16.4 Å². The molecule has 0 spiro atoms. The lowest BCUT2D eigenvalue weighted by Crippen LogP contribution is -2.38. The van der Waals surface area contributed by atoms with Crippen LogP contribution in [0.2, 0.25) is 0 Å². The van der Waals surface area contributed by atoms with Gasteiger partial charge in [0, 0.05) is 23.1 Å². The van der Waals surface area contributed by atoms with Gasteiger partial charge >= 0.3 is 0 Å². The largest absolute Gasteiger partial charge is 0.482 e. The lowest BCUT2D eigenvalue weighted by atomic mass is 10.1. The van der Waals surface area contributed by atoms with Crippen molar-refractivity contribution in [3.63, 3.8) is 0 Å². The maximum Gasteiger partial charge on any atom is 0.265 e. The molecule has 0 radical (unpaired) electrons. The van der Waals surface area contributed by atoms with Crippen molar-refractivity contribution in [1.82, 2.24) is 9.55 Å². The second-order valence-corrected chi connectivity index (χ2v) is 8.40. The van der Waals surface area contributed by atoms with Crippen molar-refractivity contribution in [3.05, 3.63) is 75.9 Å². The number of carbonyl (C=O) groups excluding carboxylic acids is 2. The third-order valence-corrected chi connectivity index (χ3v) is 6.46. The van der Waals surface area contributed by atoms with Crippen LogP contribution in [0.25, 0.3) is 21.3 Å². The number of halogens is 1. The molecule has 2 aromatic heterocycles. The highest BCUT2D eigenvalue weighted by molar-refractivity contribution is 7.17. The van der Waals surface area contributed by atoms with Crippen LogP contribution in [0.15, 0.2) is 59.0 Å². The molecule has 0 unspecified atom stereocenters. The number of rotatable bonds is 5. The molecular weight excluding hydrogens is 445 g/mol. The zero-order valence-corrected chi connectivity index (χ0v) is 18.4. The minimum atomic E-state index is -0.363. The van der Waals surface area contributed by atoms with Gasteiger partial charge in [-0.05, 0) is 42.8 Å². The summed E-state index contributed by atoms with van der Waals surface area (Å²) in [6.45, 7) is 2.06. The van der Waals surface area contributed by atoms with Gasteiger partial charge in [0.05, 0.1) is 23.9 Å². The molecule has 4 aromatic rings. The maximum absolute atomic E-state index is 13.3. The summed E-state index contributed by atoms with van der Waals surface area (Å²) in [5, 5.41) is 2.20. The Morgan fingerprint density at radius 1 is 1.18 bits per heavy atom. The van der Waals surface area contributed by atoms with E-state index in [0.29, 0.717) is 44.9 Å². The van der Waals surface area contributed by atoms with Crippen LogP contribution < -0.4 is 15.2 Å². The summed E-state index contributed by atoms with van der Waals surface area (Å²) in [7, 11) is 0. The third-order valence-electron chi connectivity index (χ3n) is 5.57. The normalized spacial score (nSPS) is 13.2. The number of amides is 1. The summed E-state index contributed by atoms with van der Waals surface area (Å²) in [6.07, 6.45) is 1.36. The lowest BCUT2D eigenvalue weighted by Gasteiger charge is -2.28. The summed E-state index contributed by atoms with van der Waals surface area (Å²) < 4.78 is 20.0. The molecule has 0 aliphatic carbocycles. The summed E-state index contributed by atoms with van der Waals surface area (Å²) in [5.74, 6) is -0.298. The van der Waals surface area contributed by atoms with Crippen LogP contribution in [0, 0.1) is 5.82 Å². The lowest BCUT2D eigenvalue weighted by molar-refractivity contribution is -0.121. The molecule has 1 amide bonds. The average Bonchev–Trinajstić information content (AvgIpc) is 3.26. The van der Waals surface area contributed by atoms with Gasteiger partial charge in [-0.3, -0.25) is 19.0 Å². The van der Waals surface area contributed by atoms with Crippen LogP contribution in [-0.4, -0.2) is 34.4 Å². The molecule has 0 fully saturated rings. The standard InChI is InChI=1S/C24H18FN3O4S/c1-2-28-18-9-15(5-8-20(18)32-11-21(28)30)19(29)10-27-13-26-23-22(24(27)31)17(12-33-23)14-3-6-16(25)7-4-14/h3-9,12-13H,2,10-11H2,1H3. The SMILES string of the molecule is CCN1C(=O)COc2ccc(C(=O)Cn3cnc4scc(-c5ccc(F)cc5)c4c3=O)cc21. The summed E-state index contributed by atoms with van der Waals surface area (Å²) in [5.41, 5.74) is 1.90. The van der Waals surface area contributed by atoms with Crippen molar-refractivity contribution in [1.29, 1.82) is 0 Å². The van der Waals surface area contributed by atoms with E-state index < -0.39 is 0 Å². The summed E-state index contributed by atoms with van der Waals surface area (Å²) in [4.78, 5) is 44.8. The van der Waals surface area contributed by atoms with E-state index in [9.17, 15) is 18.8 Å². The third kappa shape index (κ3) is 3.70. The van der Waals surface area contributed by atoms with E-state index in [1.54, 1.807) is 40.6 Å². The molecule has 1 aliphatic heterocycles. The van der Waals surface area contributed by atoms with E-state index in [-0.39, 0.29) is 36.2 Å². The Balaban J connectivity index is 1.49. The quantitative estimate of drug-likeness (QED) is 0.420. The number of hydrogen-bond acceptors (Lipinski definition) is 6. The number of ether oxygens (including phenoxy) is 1. The van der Waals surface area contributed by atoms with E-state index in [1.807, 2.05) is 6.92 Å². The number of ketones is 1. The number of thiophene rings is 1. The second kappa shape index (κ2) is 8.25. The number of hydrogen-bond donors (Lipinski definition) is 0. The van der Waals surface area contributed by atoms with E-state index >= 15 is 0 Å². The summed E-state index contributed by atoms with van der Waals surface area (Å²) >= 11 is 1.32. The first-order chi connectivity index (χ1) is 16.0. The second-order valence-electron chi connectivity index (χ2n) is 7.55. The first-order valence-corrected chi connectivity index (χ1v) is 11.2. The smallest absolute Gasteiger partial charge is 0.265 e. The molecule has 5 rings (SSSR count). The molecule has 0 N–H and O–H groups in total. The molecule has 2 aromatic carbocycles. The maximum atomic E-state index is 13.3. The van der Waals surface area contributed by atoms with Crippen LogP contribution in [0.1, 0.15) is 17.3 Å². The van der Waals surface area contributed by atoms with Crippen molar-refractivity contribution in [3.8, 4) is 16.9 Å². The minimum Gasteiger partial charge on any atom is -0.482 e. The van der Waals surface area contributed by atoms with E-state index in [1.165, 1.54) is 34.4 Å². The van der Waals surface area contributed by atoms with Crippen molar-refractivity contribution in [2.24, 2.45) is 0 Å². The minimum absolute atomic E-state index is 0.0355. The molecule has 9 heteroatoms. The average molecular weight is 463 g/mol. The van der Waals surface area contributed by atoms with Crippen LogP contribution in [0.3, 0.4) is 0 Å². The van der Waals surface area contributed by atoms with Crippen molar-refractivity contribution in [2.75, 3.05) is 18.1 Å². The Morgan fingerprint density at radius 2 is 1.97 bits per heavy atom. The molecule has 33 heavy (non-hydrogen) atoms. The first kappa shape index (κ1) is 21.0.